The van der Waals surface area contributed by atoms with Crippen LogP contribution in [0.1, 0.15) is 26.5 Å². The third-order valence-corrected chi connectivity index (χ3v) is 5.25. The summed E-state index contributed by atoms with van der Waals surface area (Å²) >= 11 is 7.03. The van der Waals surface area contributed by atoms with Gasteiger partial charge in [-0.15, -0.1) is 0 Å². The van der Waals surface area contributed by atoms with Gasteiger partial charge in [0.05, 0.1) is 5.69 Å². The molecule has 0 aliphatic carbocycles. The standard InChI is InChI=1S/C20H19ClN4O2S/c1-11-7-8-12(2)16(9-11)24-18(26)17-13(3)22-20(28-17)25-19(27)23-15-6-4-5-14(21)10-15/h4-10H,1-3H3,(H,24,26)(H2,22,23,25,27). The fourth-order valence-corrected chi connectivity index (χ4v) is 3.58. The Hall–Kier alpha value is -2.90. The molecule has 0 saturated heterocycles. The molecule has 0 fully saturated rings. The summed E-state index contributed by atoms with van der Waals surface area (Å²) in [5, 5.41) is 9.09. The minimum Gasteiger partial charge on any atom is -0.321 e. The van der Waals surface area contributed by atoms with Crippen molar-refractivity contribution in [2.24, 2.45) is 0 Å². The van der Waals surface area contributed by atoms with Crippen LogP contribution in [0.2, 0.25) is 5.02 Å². The molecule has 0 aliphatic rings. The summed E-state index contributed by atoms with van der Waals surface area (Å²) in [4.78, 5) is 29.5. The molecule has 1 heterocycles. The van der Waals surface area contributed by atoms with Crippen molar-refractivity contribution >= 4 is 51.4 Å². The van der Waals surface area contributed by atoms with E-state index in [1.165, 1.54) is 0 Å². The quantitative estimate of drug-likeness (QED) is 0.518. The number of carbonyl (C=O) groups excluding carboxylic acids is 2. The van der Waals surface area contributed by atoms with Crippen molar-refractivity contribution in [1.82, 2.24) is 4.98 Å². The summed E-state index contributed by atoms with van der Waals surface area (Å²) in [5.41, 5.74) is 3.89. The monoisotopic (exact) mass is 414 g/mol. The lowest BCUT2D eigenvalue weighted by Crippen LogP contribution is -2.19. The van der Waals surface area contributed by atoms with Gasteiger partial charge in [-0.25, -0.2) is 9.78 Å². The van der Waals surface area contributed by atoms with E-state index in [0.717, 1.165) is 28.2 Å². The van der Waals surface area contributed by atoms with Crippen LogP contribution in [0, 0.1) is 20.8 Å². The molecule has 3 aromatic rings. The van der Waals surface area contributed by atoms with Gasteiger partial charge in [0.1, 0.15) is 4.88 Å². The van der Waals surface area contributed by atoms with Gasteiger partial charge in [0, 0.05) is 16.4 Å². The topological polar surface area (TPSA) is 83.1 Å². The fourth-order valence-electron chi connectivity index (χ4n) is 2.54. The van der Waals surface area contributed by atoms with E-state index >= 15 is 0 Å². The molecule has 3 amide bonds. The zero-order chi connectivity index (χ0) is 20.3. The molecule has 3 rings (SSSR count). The molecule has 8 heteroatoms. The number of hydrogen-bond donors (Lipinski definition) is 3. The van der Waals surface area contributed by atoms with E-state index in [9.17, 15) is 9.59 Å². The van der Waals surface area contributed by atoms with Crippen LogP contribution in [0.15, 0.2) is 42.5 Å². The Morgan fingerprint density at radius 2 is 1.79 bits per heavy atom. The number of rotatable bonds is 4. The third-order valence-electron chi connectivity index (χ3n) is 3.95. The molecule has 0 saturated carbocycles. The minimum atomic E-state index is -0.461. The van der Waals surface area contributed by atoms with E-state index in [-0.39, 0.29) is 5.91 Å². The van der Waals surface area contributed by atoms with Crippen molar-refractivity contribution in [3.8, 4) is 0 Å². The van der Waals surface area contributed by atoms with E-state index in [0.29, 0.717) is 26.4 Å². The smallest absolute Gasteiger partial charge is 0.321 e. The number of aryl methyl sites for hydroxylation is 3. The Balaban J connectivity index is 1.69. The van der Waals surface area contributed by atoms with Crippen LogP contribution in [0.4, 0.5) is 21.3 Å². The number of nitrogens with zero attached hydrogens (tertiary/aromatic N) is 1. The molecule has 0 bridgehead atoms. The number of aromatic nitrogens is 1. The first-order valence-electron chi connectivity index (χ1n) is 8.51. The summed E-state index contributed by atoms with van der Waals surface area (Å²) in [6.45, 7) is 5.63. The summed E-state index contributed by atoms with van der Waals surface area (Å²) in [7, 11) is 0. The maximum absolute atomic E-state index is 12.6. The Morgan fingerprint density at radius 1 is 1.00 bits per heavy atom. The van der Waals surface area contributed by atoms with E-state index in [1.54, 1.807) is 31.2 Å². The van der Waals surface area contributed by atoms with E-state index in [1.807, 2.05) is 32.0 Å². The number of amides is 3. The lowest BCUT2D eigenvalue weighted by Gasteiger charge is -2.08. The maximum Gasteiger partial charge on any atom is 0.325 e. The third kappa shape index (κ3) is 4.88. The number of thiazole rings is 1. The van der Waals surface area contributed by atoms with Gasteiger partial charge >= 0.3 is 6.03 Å². The van der Waals surface area contributed by atoms with Crippen LogP contribution in [-0.4, -0.2) is 16.9 Å². The highest BCUT2D eigenvalue weighted by molar-refractivity contribution is 7.17. The van der Waals surface area contributed by atoms with Crippen LogP contribution in [-0.2, 0) is 0 Å². The summed E-state index contributed by atoms with van der Waals surface area (Å²) in [6.07, 6.45) is 0. The summed E-state index contributed by atoms with van der Waals surface area (Å²) in [5.74, 6) is -0.257. The average Bonchev–Trinajstić information content (AvgIpc) is 2.98. The number of urea groups is 1. The minimum absolute atomic E-state index is 0.257. The Bertz CT molecular complexity index is 1050. The molecular formula is C20H19ClN4O2S. The number of nitrogens with one attached hydrogen (secondary N) is 3. The van der Waals surface area contributed by atoms with Crippen molar-refractivity contribution < 1.29 is 9.59 Å². The Morgan fingerprint density at radius 3 is 2.54 bits per heavy atom. The van der Waals surface area contributed by atoms with Crippen LogP contribution in [0.3, 0.4) is 0 Å². The number of anilines is 3. The molecule has 0 unspecified atom stereocenters. The molecule has 0 radical (unpaired) electrons. The van der Waals surface area contributed by atoms with Crippen molar-refractivity contribution in [3.63, 3.8) is 0 Å². The molecule has 6 nitrogen and oxygen atoms in total. The van der Waals surface area contributed by atoms with Crippen LogP contribution >= 0.6 is 22.9 Å². The van der Waals surface area contributed by atoms with Gasteiger partial charge in [0.15, 0.2) is 5.13 Å². The lowest BCUT2D eigenvalue weighted by molar-refractivity contribution is 0.102. The van der Waals surface area contributed by atoms with Crippen LogP contribution < -0.4 is 16.0 Å². The molecule has 0 atom stereocenters. The van der Waals surface area contributed by atoms with E-state index in [4.69, 9.17) is 11.6 Å². The highest BCUT2D eigenvalue weighted by Gasteiger charge is 2.17. The number of halogens is 1. The summed E-state index contributed by atoms with van der Waals surface area (Å²) < 4.78 is 0. The molecular weight excluding hydrogens is 396 g/mol. The Labute approximate surface area is 172 Å². The molecule has 144 valence electrons. The van der Waals surface area contributed by atoms with E-state index < -0.39 is 6.03 Å². The summed E-state index contributed by atoms with van der Waals surface area (Å²) in [6, 6.07) is 12.2. The van der Waals surface area contributed by atoms with Gasteiger partial charge < -0.3 is 10.6 Å². The van der Waals surface area contributed by atoms with Crippen LogP contribution in [0.5, 0.6) is 0 Å². The molecule has 0 spiro atoms. The predicted molar refractivity (Wildman–Crippen MR) is 115 cm³/mol. The maximum atomic E-state index is 12.6. The SMILES string of the molecule is Cc1ccc(C)c(NC(=O)c2sc(NC(=O)Nc3cccc(Cl)c3)nc2C)c1. The number of hydrogen-bond acceptors (Lipinski definition) is 4. The normalized spacial score (nSPS) is 10.4. The molecule has 2 aromatic carbocycles. The largest absolute Gasteiger partial charge is 0.325 e. The number of carbonyl (C=O) groups is 2. The molecule has 1 aromatic heterocycles. The van der Waals surface area contributed by atoms with Gasteiger partial charge in [0.25, 0.3) is 5.91 Å². The fraction of sp³-hybridized carbons (Fsp3) is 0.150. The molecule has 28 heavy (non-hydrogen) atoms. The second-order valence-electron chi connectivity index (χ2n) is 6.30. The van der Waals surface area contributed by atoms with Gasteiger partial charge in [-0.05, 0) is 56.2 Å². The first-order valence-corrected chi connectivity index (χ1v) is 9.71. The lowest BCUT2D eigenvalue weighted by atomic mass is 10.1. The molecule has 0 aliphatic heterocycles. The highest BCUT2D eigenvalue weighted by atomic mass is 35.5. The first kappa shape index (κ1) is 19.9. The zero-order valence-electron chi connectivity index (χ0n) is 15.6. The molecule has 3 N–H and O–H groups in total. The van der Waals surface area contributed by atoms with E-state index in [2.05, 4.69) is 20.9 Å². The van der Waals surface area contributed by atoms with Gasteiger partial charge in [-0.3, -0.25) is 10.1 Å². The second kappa shape index (κ2) is 8.41. The first-order chi connectivity index (χ1) is 13.3. The van der Waals surface area contributed by atoms with Gasteiger partial charge in [0.2, 0.25) is 0 Å². The zero-order valence-corrected chi connectivity index (χ0v) is 17.2. The van der Waals surface area contributed by atoms with Crippen molar-refractivity contribution in [3.05, 3.63) is 69.2 Å². The highest BCUT2D eigenvalue weighted by Crippen LogP contribution is 2.25. The predicted octanol–water partition coefficient (Wildman–Crippen LogP) is 5.62. The van der Waals surface area contributed by atoms with Crippen molar-refractivity contribution in [1.29, 1.82) is 0 Å². The number of benzene rings is 2. The van der Waals surface area contributed by atoms with Gasteiger partial charge in [-0.1, -0.05) is 41.1 Å². The van der Waals surface area contributed by atoms with Crippen LogP contribution in [0.25, 0.3) is 0 Å². The second-order valence-corrected chi connectivity index (χ2v) is 7.73. The van der Waals surface area contributed by atoms with Crippen molar-refractivity contribution in [2.45, 2.75) is 20.8 Å². The Kier molecular flexibility index (Phi) is 5.96. The average molecular weight is 415 g/mol. The van der Waals surface area contributed by atoms with Crippen molar-refractivity contribution in [2.75, 3.05) is 16.0 Å². The van der Waals surface area contributed by atoms with Gasteiger partial charge in [-0.2, -0.15) is 0 Å².